The SMILES string of the molecule is CC(C)c1ccc(F)c(C2(CN)CCCCC2)c1F. The van der Waals surface area contributed by atoms with E-state index in [-0.39, 0.29) is 17.3 Å². The summed E-state index contributed by atoms with van der Waals surface area (Å²) in [4.78, 5) is 0. The quantitative estimate of drug-likeness (QED) is 0.870. The molecule has 0 atom stereocenters. The predicted octanol–water partition coefficient (Wildman–Crippen LogP) is 4.25. The Morgan fingerprint density at radius 1 is 1.16 bits per heavy atom. The summed E-state index contributed by atoms with van der Waals surface area (Å²) in [7, 11) is 0. The monoisotopic (exact) mass is 267 g/mol. The fraction of sp³-hybridized carbons (Fsp3) is 0.625. The summed E-state index contributed by atoms with van der Waals surface area (Å²) < 4.78 is 28.9. The Hall–Kier alpha value is -0.960. The lowest BCUT2D eigenvalue weighted by Crippen LogP contribution is -2.39. The van der Waals surface area contributed by atoms with Crippen molar-refractivity contribution < 1.29 is 8.78 Å². The first-order valence-corrected chi connectivity index (χ1v) is 7.20. The van der Waals surface area contributed by atoms with Gasteiger partial charge in [0.25, 0.3) is 0 Å². The van der Waals surface area contributed by atoms with Gasteiger partial charge in [-0.3, -0.25) is 0 Å². The van der Waals surface area contributed by atoms with Crippen molar-refractivity contribution in [2.24, 2.45) is 5.73 Å². The second-order valence-corrected chi connectivity index (χ2v) is 6.03. The maximum absolute atomic E-state index is 14.7. The summed E-state index contributed by atoms with van der Waals surface area (Å²) in [6.45, 7) is 4.18. The Bertz CT molecular complexity index is 448. The van der Waals surface area contributed by atoms with E-state index in [0.717, 1.165) is 32.1 Å². The van der Waals surface area contributed by atoms with Gasteiger partial charge in [-0.25, -0.2) is 8.78 Å². The molecule has 0 radical (unpaired) electrons. The van der Waals surface area contributed by atoms with Gasteiger partial charge in [0.15, 0.2) is 0 Å². The molecule has 3 heteroatoms. The van der Waals surface area contributed by atoms with Gasteiger partial charge in [0.05, 0.1) is 0 Å². The molecule has 1 aromatic carbocycles. The Kier molecular flexibility index (Phi) is 4.24. The molecule has 0 amide bonds. The van der Waals surface area contributed by atoms with Gasteiger partial charge < -0.3 is 5.73 Å². The highest BCUT2D eigenvalue weighted by atomic mass is 19.1. The van der Waals surface area contributed by atoms with Gasteiger partial charge in [-0.05, 0) is 30.4 Å². The summed E-state index contributed by atoms with van der Waals surface area (Å²) in [5, 5.41) is 0. The van der Waals surface area contributed by atoms with Crippen LogP contribution in [0.5, 0.6) is 0 Å². The van der Waals surface area contributed by atoms with Crippen molar-refractivity contribution >= 4 is 0 Å². The average molecular weight is 267 g/mol. The largest absolute Gasteiger partial charge is 0.330 e. The van der Waals surface area contributed by atoms with Gasteiger partial charge in [0, 0.05) is 17.5 Å². The molecule has 19 heavy (non-hydrogen) atoms. The predicted molar refractivity (Wildman–Crippen MR) is 74.3 cm³/mol. The first-order chi connectivity index (χ1) is 9.02. The van der Waals surface area contributed by atoms with Gasteiger partial charge in [0.2, 0.25) is 0 Å². The average Bonchev–Trinajstić information content (AvgIpc) is 2.39. The molecule has 0 aliphatic heterocycles. The number of rotatable bonds is 3. The van der Waals surface area contributed by atoms with Gasteiger partial charge in [0.1, 0.15) is 11.6 Å². The van der Waals surface area contributed by atoms with Gasteiger partial charge in [-0.1, -0.05) is 39.2 Å². The third-order valence-electron chi connectivity index (χ3n) is 4.47. The van der Waals surface area contributed by atoms with E-state index >= 15 is 0 Å². The Morgan fingerprint density at radius 3 is 2.32 bits per heavy atom. The molecular formula is C16H23F2N. The molecular weight excluding hydrogens is 244 g/mol. The Labute approximate surface area is 114 Å². The maximum Gasteiger partial charge on any atom is 0.133 e. The summed E-state index contributed by atoms with van der Waals surface area (Å²) in [5.41, 5.74) is 6.23. The van der Waals surface area contributed by atoms with E-state index < -0.39 is 11.2 Å². The van der Waals surface area contributed by atoms with Crippen LogP contribution in [0, 0.1) is 11.6 Å². The van der Waals surface area contributed by atoms with Crippen LogP contribution in [0.1, 0.15) is 63.0 Å². The first-order valence-electron chi connectivity index (χ1n) is 7.20. The van der Waals surface area contributed by atoms with E-state index in [0.29, 0.717) is 12.1 Å². The molecule has 1 aliphatic rings. The molecule has 0 unspecified atom stereocenters. The number of nitrogens with two attached hydrogens (primary N) is 1. The standard InChI is InChI=1S/C16H23F2N/c1-11(2)12-6-7-13(17)14(15(12)18)16(10-19)8-4-3-5-9-16/h6-7,11H,3-5,8-10,19H2,1-2H3. The first kappa shape index (κ1) is 14.4. The molecule has 0 saturated heterocycles. The highest BCUT2D eigenvalue weighted by molar-refractivity contribution is 5.36. The third-order valence-corrected chi connectivity index (χ3v) is 4.47. The van der Waals surface area contributed by atoms with Crippen molar-refractivity contribution in [3.05, 3.63) is 34.9 Å². The molecule has 1 aromatic rings. The third kappa shape index (κ3) is 2.53. The second-order valence-electron chi connectivity index (χ2n) is 6.03. The minimum absolute atomic E-state index is 0.0535. The topological polar surface area (TPSA) is 26.0 Å². The van der Waals surface area contributed by atoms with Crippen LogP contribution in [0.2, 0.25) is 0 Å². The second kappa shape index (κ2) is 5.58. The highest BCUT2D eigenvalue weighted by Crippen LogP contribution is 2.42. The summed E-state index contributed by atoms with van der Waals surface area (Å²) >= 11 is 0. The molecule has 0 heterocycles. The van der Waals surface area contributed by atoms with Gasteiger partial charge in [-0.2, -0.15) is 0 Å². The number of hydrogen-bond acceptors (Lipinski definition) is 1. The zero-order chi connectivity index (χ0) is 14.0. The lowest BCUT2D eigenvalue weighted by molar-refractivity contribution is 0.280. The fourth-order valence-corrected chi connectivity index (χ4v) is 3.29. The van der Waals surface area contributed by atoms with Gasteiger partial charge in [-0.15, -0.1) is 0 Å². The van der Waals surface area contributed by atoms with Crippen LogP contribution in [-0.4, -0.2) is 6.54 Å². The molecule has 0 spiro atoms. The van der Waals surface area contributed by atoms with Crippen molar-refractivity contribution in [2.45, 2.75) is 57.3 Å². The van der Waals surface area contributed by atoms with Crippen LogP contribution >= 0.6 is 0 Å². The molecule has 1 aliphatic carbocycles. The molecule has 106 valence electrons. The van der Waals surface area contributed by atoms with E-state index in [1.807, 2.05) is 13.8 Å². The van der Waals surface area contributed by atoms with Crippen LogP contribution in [0.3, 0.4) is 0 Å². The van der Waals surface area contributed by atoms with E-state index in [4.69, 9.17) is 5.73 Å². The van der Waals surface area contributed by atoms with Crippen molar-refractivity contribution in [1.82, 2.24) is 0 Å². The van der Waals surface area contributed by atoms with Crippen LogP contribution in [0.4, 0.5) is 8.78 Å². The van der Waals surface area contributed by atoms with Crippen LogP contribution in [-0.2, 0) is 5.41 Å². The van der Waals surface area contributed by atoms with Crippen LogP contribution < -0.4 is 5.73 Å². The van der Waals surface area contributed by atoms with Crippen LogP contribution in [0.15, 0.2) is 12.1 Å². The summed E-state index contributed by atoms with van der Waals surface area (Å²) in [5.74, 6) is -0.755. The van der Waals surface area contributed by atoms with Crippen molar-refractivity contribution in [3.8, 4) is 0 Å². The molecule has 0 bridgehead atoms. The smallest absolute Gasteiger partial charge is 0.133 e. The Balaban J connectivity index is 2.56. The van der Waals surface area contributed by atoms with Crippen molar-refractivity contribution in [2.75, 3.05) is 6.54 Å². The number of hydrogen-bond donors (Lipinski definition) is 1. The fourth-order valence-electron chi connectivity index (χ4n) is 3.29. The summed E-state index contributed by atoms with van der Waals surface area (Å²) in [6, 6.07) is 2.96. The minimum atomic E-state index is -0.503. The van der Waals surface area contributed by atoms with E-state index in [1.54, 1.807) is 6.07 Å². The molecule has 0 aromatic heterocycles. The van der Waals surface area contributed by atoms with E-state index in [9.17, 15) is 8.78 Å². The van der Waals surface area contributed by atoms with Crippen LogP contribution in [0.25, 0.3) is 0 Å². The normalized spacial score (nSPS) is 18.8. The number of benzene rings is 1. The maximum atomic E-state index is 14.7. The molecule has 2 rings (SSSR count). The zero-order valence-electron chi connectivity index (χ0n) is 11.8. The molecule has 2 N–H and O–H groups in total. The molecule has 1 saturated carbocycles. The zero-order valence-corrected chi connectivity index (χ0v) is 11.8. The minimum Gasteiger partial charge on any atom is -0.330 e. The lowest BCUT2D eigenvalue weighted by atomic mass is 9.68. The highest BCUT2D eigenvalue weighted by Gasteiger charge is 2.38. The van der Waals surface area contributed by atoms with Crippen molar-refractivity contribution in [1.29, 1.82) is 0 Å². The van der Waals surface area contributed by atoms with Gasteiger partial charge >= 0.3 is 0 Å². The summed E-state index contributed by atoms with van der Waals surface area (Å²) in [6.07, 6.45) is 4.72. The van der Waals surface area contributed by atoms with Crippen molar-refractivity contribution in [3.63, 3.8) is 0 Å². The van der Waals surface area contributed by atoms with E-state index in [1.165, 1.54) is 6.07 Å². The molecule has 1 fully saturated rings. The van der Waals surface area contributed by atoms with E-state index in [2.05, 4.69) is 0 Å². The lowest BCUT2D eigenvalue weighted by Gasteiger charge is -2.37. The molecule has 1 nitrogen and oxygen atoms in total. The number of halogens is 2. The Morgan fingerprint density at radius 2 is 1.79 bits per heavy atom.